The normalized spacial score (nSPS) is 10.4. The highest BCUT2D eigenvalue weighted by atomic mass is 79.9. The first-order chi connectivity index (χ1) is 10.0. The first-order valence-corrected chi connectivity index (χ1v) is 7.22. The van der Waals surface area contributed by atoms with Crippen molar-refractivity contribution in [2.24, 2.45) is 0 Å². The molecule has 0 unspecified atom stereocenters. The van der Waals surface area contributed by atoms with Crippen LogP contribution in [-0.4, -0.2) is 15.4 Å². The van der Waals surface area contributed by atoms with Gasteiger partial charge in [0.25, 0.3) is 11.6 Å². The minimum absolute atomic E-state index is 0.0793. The zero-order valence-electron chi connectivity index (χ0n) is 11.4. The molecule has 2 rings (SSSR count). The quantitative estimate of drug-likeness (QED) is 0.656. The molecule has 0 radical (unpaired) electrons. The van der Waals surface area contributed by atoms with Gasteiger partial charge < -0.3 is 9.88 Å². The first-order valence-electron chi connectivity index (χ1n) is 6.42. The van der Waals surface area contributed by atoms with Gasteiger partial charge in [0.05, 0.1) is 11.1 Å². The Morgan fingerprint density at radius 2 is 2.05 bits per heavy atom. The molecule has 0 saturated carbocycles. The van der Waals surface area contributed by atoms with Gasteiger partial charge in [-0.2, -0.15) is 0 Å². The molecule has 0 aliphatic rings. The summed E-state index contributed by atoms with van der Waals surface area (Å²) in [7, 11) is 0. The van der Waals surface area contributed by atoms with Crippen LogP contribution in [0.1, 0.15) is 23.8 Å². The fraction of sp³-hybridized carbons (Fsp3) is 0.214. The monoisotopic (exact) mass is 351 g/mol. The van der Waals surface area contributed by atoms with Crippen LogP contribution >= 0.6 is 15.9 Å². The van der Waals surface area contributed by atoms with E-state index in [4.69, 9.17) is 0 Å². The van der Waals surface area contributed by atoms with Gasteiger partial charge in [0.15, 0.2) is 0 Å². The van der Waals surface area contributed by atoms with Gasteiger partial charge in [-0.3, -0.25) is 14.9 Å². The van der Waals surface area contributed by atoms with E-state index < -0.39 is 4.92 Å². The molecule has 2 aromatic rings. The Morgan fingerprint density at radius 3 is 2.62 bits per heavy atom. The molecular weight excluding hydrogens is 338 g/mol. The molecule has 7 heteroatoms. The SMILES string of the molecule is CCCn1cc([N+](=O)[O-])cc1C(=O)Nc1ccc(Br)cc1. The van der Waals surface area contributed by atoms with Crippen molar-refractivity contribution in [3.8, 4) is 0 Å². The molecule has 110 valence electrons. The number of carbonyl (C=O) groups excluding carboxylic acids is 1. The van der Waals surface area contributed by atoms with Crippen molar-refractivity contribution in [2.75, 3.05) is 5.32 Å². The number of hydrogen-bond donors (Lipinski definition) is 1. The van der Waals surface area contributed by atoms with Crippen molar-refractivity contribution < 1.29 is 9.72 Å². The minimum atomic E-state index is -0.497. The van der Waals surface area contributed by atoms with Crippen molar-refractivity contribution in [3.63, 3.8) is 0 Å². The minimum Gasteiger partial charge on any atom is -0.337 e. The number of benzene rings is 1. The third-order valence-corrected chi connectivity index (χ3v) is 3.42. The number of rotatable bonds is 5. The molecule has 0 aliphatic heterocycles. The lowest BCUT2D eigenvalue weighted by Crippen LogP contribution is -2.16. The number of hydrogen-bond acceptors (Lipinski definition) is 3. The van der Waals surface area contributed by atoms with Crippen molar-refractivity contribution >= 4 is 33.2 Å². The van der Waals surface area contributed by atoms with Crippen LogP contribution in [-0.2, 0) is 6.54 Å². The van der Waals surface area contributed by atoms with Gasteiger partial charge in [0.2, 0.25) is 0 Å². The molecule has 0 saturated heterocycles. The fourth-order valence-electron chi connectivity index (χ4n) is 1.94. The molecule has 1 amide bonds. The summed E-state index contributed by atoms with van der Waals surface area (Å²) in [4.78, 5) is 22.6. The summed E-state index contributed by atoms with van der Waals surface area (Å²) in [6.07, 6.45) is 2.17. The molecule has 0 aliphatic carbocycles. The van der Waals surface area contributed by atoms with Crippen LogP contribution in [0.3, 0.4) is 0 Å². The largest absolute Gasteiger partial charge is 0.337 e. The molecule has 0 spiro atoms. The lowest BCUT2D eigenvalue weighted by atomic mass is 10.3. The van der Waals surface area contributed by atoms with Gasteiger partial charge in [-0.1, -0.05) is 22.9 Å². The predicted octanol–water partition coefficient (Wildman–Crippen LogP) is 3.82. The van der Waals surface area contributed by atoms with E-state index in [2.05, 4.69) is 21.2 Å². The summed E-state index contributed by atoms with van der Waals surface area (Å²) in [6.45, 7) is 2.50. The number of nitrogens with zero attached hydrogens (tertiary/aromatic N) is 2. The Kier molecular flexibility index (Phi) is 4.74. The Labute approximate surface area is 130 Å². The summed E-state index contributed by atoms with van der Waals surface area (Å²) in [5.74, 6) is -0.362. The van der Waals surface area contributed by atoms with E-state index in [9.17, 15) is 14.9 Å². The molecule has 1 heterocycles. The summed E-state index contributed by atoms with van der Waals surface area (Å²) in [5.41, 5.74) is 0.839. The maximum absolute atomic E-state index is 12.3. The second-order valence-electron chi connectivity index (χ2n) is 4.50. The highest BCUT2D eigenvalue weighted by molar-refractivity contribution is 9.10. The Bertz CT molecular complexity index is 665. The number of aromatic nitrogens is 1. The highest BCUT2D eigenvalue weighted by Crippen LogP contribution is 2.19. The maximum Gasteiger partial charge on any atom is 0.287 e. The van der Waals surface area contributed by atoms with Crippen molar-refractivity contribution in [1.82, 2.24) is 4.57 Å². The molecule has 21 heavy (non-hydrogen) atoms. The second-order valence-corrected chi connectivity index (χ2v) is 5.41. The standard InChI is InChI=1S/C14H14BrN3O3/c1-2-7-17-9-12(18(20)21)8-13(17)14(19)16-11-5-3-10(15)4-6-11/h3-6,8-9H,2,7H2,1H3,(H,16,19). The Hall–Kier alpha value is -2.15. The summed E-state index contributed by atoms with van der Waals surface area (Å²) < 4.78 is 2.51. The molecule has 0 fully saturated rings. The maximum atomic E-state index is 12.3. The van der Waals surface area contributed by atoms with Crippen LogP contribution in [0.15, 0.2) is 41.0 Å². The van der Waals surface area contributed by atoms with E-state index in [1.807, 2.05) is 19.1 Å². The van der Waals surface area contributed by atoms with Crippen molar-refractivity contribution in [3.05, 3.63) is 56.8 Å². The van der Waals surface area contributed by atoms with Gasteiger partial charge in [-0.05, 0) is 30.7 Å². The van der Waals surface area contributed by atoms with Crippen LogP contribution in [0.4, 0.5) is 11.4 Å². The van der Waals surface area contributed by atoms with E-state index in [-0.39, 0.29) is 17.3 Å². The lowest BCUT2D eigenvalue weighted by molar-refractivity contribution is -0.384. The number of amides is 1. The van der Waals surface area contributed by atoms with Gasteiger partial charge in [-0.15, -0.1) is 0 Å². The summed E-state index contributed by atoms with van der Waals surface area (Å²) in [5, 5.41) is 13.6. The molecule has 6 nitrogen and oxygen atoms in total. The van der Waals surface area contributed by atoms with Crippen LogP contribution in [0, 0.1) is 10.1 Å². The Balaban J connectivity index is 2.25. The topological polar surface area (TPSA) is 77.2 Å². The van der Waals surface area contributed by atoms with Gasteiger partial charge >= 0.3 is 0 Å². The molecule has 1 aromatic heterocycles. The lowest BCUT2D eigenvalue weighted by Gasteiger charge is -2.08. The van der Waals surface area contributed by atoms with Gasteiger partial charge in [-0.25, -0.2) is 0 Å². The van der Waals surface area contributed by atoms with Crippen molar-refractivity contribution in [2.45, 2.75) is 19.9 Å². The average Bonchev–Trinajstić information content (AvgIpc) is 2.86. The van der Waals surface area contributed by atoms with Crippen LogP contribution < -0.4 is 5.32 Å². The number of nitro groups is 1. The third-order valence-electron chi connectivity index (χ3n) is 2.89. The molecular formula is C14H14BrN3O3. The number of aryl methyl sites for hydroxylation is 1. The zero-order chi connectivity index (χ0) is 15.4. The number of carbonyl (C=O) groups is 1. The van der Waals surface area contributed by atoms with E-state index in [0.29, 0.717) is 12.2 Å². The molecule has 1 aromatic carbocycles. The fourth-order valence-corrected chi connectivity index (χ4v) is 2.20. The summed E-state index contributed by atoms with van der Waals surface area (Å²) >= 11 is 3.32. The van der Waals surface area contributed by atoms with E-state index in [1.165, 1.54) is 12.3 Å². The number of halogens is 1. The van der Waals surface area contributed by atoms with Crippen molar-refractivity contribution in [1.29, 1.82) is 0 Å². The van der Waals surface area contributed by atoms with Gasteiger partial charge in [0, 0.05) is 22.8 Å². The van der Waals surface area contributed by atoms with E-state index in [0.717, 1.165) is 10.9 Å². The molecule has 1 N–H and O–H groups in total. The zero-order valence-corrected chi connectivity index (χ0v) is 13.0. The van der Waals surface area contributed by atoms with Crippen LogP contribution in [0.25, 0.3) is 0 Å². The van der Waals surface area contributed by atoms with Crippen LogP contribution in [0.5, 0.6) is 0 Å². The molecule has 0 atom stereocenters. The highest BCUT2D eigenvalue weighted by Gasteiger charge is 2.19. The predicted molar refractivity (Wildman–Crippen MR) is 83.5 cm³/mol. The number of nitrogens with one attached hydrogen (secondary N) is 1. The Morgan fingerprint density at radius 1 is 1.38 bits per heavy atom. The first kappa shape index (κ1) is 15.2. The van der Waals surface area contributed by atoms with E-state index in [1.54, 1.807) is 16.7 Å². The van der Waals surface area contributed by atoms with Crippen LogP contribution in [0.2, 0.25) is 0 Å². The smallest absolute Gasteiger partial charge is 0.287 e. The van der Waals surface area contributed by atoms with E-state index >= 15 is 0 Å². The summed E-state index contributed by atoms with van der Waals surface area (Å²) in [6, 6.07) is 8.42. The number of anilines is 1. The molecule has 0 bridgehead atoms. The second kappa shape index (κ2) is 6.53. The average molecular weight is 352 g/mol. The van der Waals surface area contributed by atoms with Gasteiger partial charge in [0.1, 0.15) is 5.69 Å². The third kappa shape index (κ3) is 3.69.